The fourth-order valence-electron chi connectivity index (χ4n) is 2.83. The molecule has 0 N–H and O–H groups in total. The van der Waals surface area contributed by atoms with Crippen LogP contribution in [0.15, 0.2) is 27.8 Å². The fraction of sp³-hybridized carbons (Fsp3) is 0.550. The Bertz CT molecular complexity index is 748. The second-order valence-electron chi connectivity index (χ2n) is 6.58. The number of ether oxygens (including phenoxy) is 2. The SMILES string of the molecule is CC[C@H](C)N(C(=O)CSc1nnc(-c2cc(OC)cc(OC)c2)o1)[C@@H](C)CC. The molecule has 0 radical (unpaired) electrons. The normalized spacial score (nSPS) is 13.1. The molecule has 0 fully saturated rings. The largest absolute Gasteiger partial charge is 0.497 e. The summed E-state index contributed by atoms with van der Waals surface area (Å²) < 4.78 is 16.3. The Hall–Kier alpha value is -2.22. The molecule has 0 aliphatic carbocycles. The van der Waals surface area contributed by atoms with Crippen molar-refractivity contribution in [2.45, 2.75) is 57.8 Å². The number of hydrogen-bond donors (Lipinski definition) is 0. The molecule has 0 aliphatic rings. The monoisotopic (exact) mass is 407 g/mol. The smallest absolute Gasteiger partial charge is 0.277 e. The van der Waals surface area contributed by atoms with E-state index in [1.807, 2.05) is 4.90 Å². The summed E-state index contributed by atoms with van der Waals surface area (Å²) in [7, 11) is 3.17. The molecule has 8 heteroatoms. The first-order valence-electron chi connectivity index (χ1n) is 9.44. The molecular weight excluding hydrogens is 378 g/mol. The number of carbonyl (C=O) groups is 1. The van der Waals surface area contributed by atoms with Crippen molar-refractivity contribution in [3.05, 3.63) is 18.2 Å². The van der Waals surface area contributed by atoms with Crippen molar-refractivity contribution in [3.63, 3.8) is 0 Å². The van der Waals surface area contributed by atoms with Crippen LogP contribution in [-0.2, 0) is 4.79 Å². The standard InChI is InChI=1S/C20H29N3O4S/c1-7-13(3)23(14(4)8-2)18(24)12-28-20-22-21-19(27-20)15-9-16(25-5)11-17(10-15)26-6/h9-11,13-14H,7-8,12H2,1-6H3/t13-,14-/m0/s1. The fourth-order valence-corrected chi connectivity index (χ4v) is 3.47. The van der Waals surface area contributed by atoms with Crippen LogP contribution in [0.1, 0.15) is 40.5 Å². The number of nitrogens with zero attached hydrogens (tertiary/aromatic N) is 3. The van der Waals surface area contributed by atoms with Crippen molar-refractivity contribution < 1.29 is 18.7 Å². The maximum Gasteiger partial charge on any atom is 0.277 e. The highest BCUT2D eigenvalue weighted by atomic mass is 32.2. The first-order valence-corrected chi connectivity index (χ1v) is 10.4. The molecule has 0 saturated heterocycles. The van der Waals surface area contributed by atoms with E-state index >= 15 is 0 Å². The molecule has 154 valence electrons. The van der Waals surface area contributed by atoms with Crippen LogP contribution in [0.4, 0.5) is 0 Å². The Kier molecular flexibility index (Phi) is 8.17. The summed E-state index contributed by atoms with van der Waals surface area (Å²) >= 11 is 1.25. The number of thioether (sulfide) groups is 1. The van der Waals surface area contributed by atoms with E-state index in [2.05, 4.69) is 37.9 Å². The molecular formula is C20H29N3O4S. The molecule has 0 spiro atoms. The molecule has 2 aromatic rings. The Balaban J connectivity index is 2.09. The van der Waals surface area contributed by atoms with Crippen molar-refractivity contribution in [1.82, 2.24) is 15.1 Å². The molecule has 7 nitrogen and oxygen atoms in total. The zero-order valence-corrected chi connectivity index (χ0v) is 18.2. The number of rotatable bonds is 10. The number of amides is 1. The second-order valence-corrected chi connectivity index (χ2v) is 7.51. The lowest BCUT2D eigenvalue weighted by molar-refractivity contribution is -0.132. The maximum absolute atomic E-state index is 12.7. The molecule has 1 amide bonds. The molecule has 0 unspecified atom stereocenters. The van der Waals surface area contributed by atoms with Gasteiger partial charge in [-0.15, -0.1) is 10.2 Å². The van der Waals surface area contributed by atoms with Gasteiger partial charge in [0.1, 0.15) is 11.5 Å². The minimum absolute atomic E-state index is 0.0801. The first-order chi connectivity index (χ1) is 13.4. The van der Waals surface area contributed by atoms with Gasteiger partial charge < -0.3 is 18.8 Å². The number of aromatic nitrogens is 2. The van der Waals surface area contributed by atoms with E-state index in [1.165, 1.54) is 11.8 Å². The third-order valence-electron chi connectivity index (χ3n) is 4.74. The molecule has 0 saturated carbocycles. The van der Waals surface area contributed by atoms with E-state index in [1.54, 1.807) is 32.4 Å². The topological polar surface area (TPSA) is 77.7 Å². The van der Waals surface area contributed by atoms with Crippen LogP contribution in [0, 0.1) is 0 Å². The van der Waals surface area contributed by atoms with Crippen molar-refractivity contribution in [2.75, 3.05) is 20.0 Å². The highest BCUT2D eigenvalue weighted by Gasteiger charge is 2.24. The van der Waals surface area contributed by atoms with Gasteiger partial charge in [0, 0.05) is 23.7 Å². The van der Waals surface area contributed by atoms with Gasteiger partial charge in [0.15, 0.2) is 0 Å². The van der Waals surface area contributed by atoms with Gasteiger partial charge in [0.25, 0.3) is 5.22 Å². The van der Waals surface area contributed by atoms with Crippen LogP contribution in [0.2, 0.25) is 0 Å². The van der Waals surface area contributed by atoms with Gasteiger partial charge in [-0.1, -0.05) is 25.6 Å². The molecule has 1 aromatic heterocycles. The Morgan fingerprint density at radius 1 is 1.07 bits per heavy atom. The Morgan fingerprint density at radius 3 is 2.14 bits per heavy atom. The number of carbonyl (C=O) groups excluding carboxylic acids is 1. The van der Waals surface area contributed by atoms with E-state index in [0.29, 0.717) is 28.2 Å². The summed E-state index contributed by atoms with van der Waals surface area (Å²) in [5, 5.41) is 8.51. The third-order valence-corrected chi connectivity index (χ3v) is 5.55. The van der Waals surface area contributed by atoms with Crippen LogP contribution >= 0.6 is 11.8 Å². The predicted octanol–water partition coefficient (Wildman–Crippen LogP) is 4.27. The molecule has 0 bridgehead atoms. The highest BCUT2D eigenvalue weighted by Crippen LogP contribution is 2.30. The van der Waals surface area contributed by atoms with Crippen LogP contribution in [-0.4, -0.2) is 53.1 Å². The number of hydrogen-bond acceptors (Lipinski definition) is 7. The zero-order valence-electron chi connectivity index (χ0n) is 17.4. The van der Waals surface area contributed by atoms with E-state index in [0.717, 1.165) is 12.8 Å². The van der Waals surface area contributed by atoms with Crippen LogP contribution in [0.3, 0.4) is 0 Å². The highest BCUT2D eigenvalue weighted by molar-refractivity contribution is 7.99. The van der Waals surface area contributed by atoms with Crippen molar-refractivity contribution in [1.29, 1.82) is 0 Å². The summed E-state index contributed by atoms with van der Waals surface area (Å²) in [6.45, 7) is 8.34. The molecule has 1 heterocycles. The zero-order chi connectivity index (χ0) is 20.7. The van der Waals surface area contributed by atoms with E-state index in [4.69, 9.17) is 13.9 Å². The van der Waals surface area contributed by atoms with Gasteiger partial charge in [0.2, 0.25) is 11.8 Å². The van der Waals surface area contributed by atoms with Crippen molar-refractivity contribution in [3.8, 4) is 23.0 Å². The van der Waals surface area contributed by atoms with Crippen molar-refractivity contribution >= 4 is 17.7 Å². The summed E-state index contributed by atoms with van der Waals surface area (Å²) in [5.41, 5.74) is 0.697. The number of methoxy groups -OCH3 is 2. The summed E-state index contributed by atoms with van der Waals surface area (Å²) in [5.74, 6) is 1.96. The van der Waals surface area contributed by atoms with Crippen LogP contribution in [0.5, 0.6) is 11.5 Å². The van der Waals surface area contributed by atoms with Gasteiger partial charge >= 0.3 is 0 Å². The lowest BCUT2D eigenvalue weighted by Gasteiger charge is -2.33. The van der Waals surface area contributed by atoms with E-state index in [9.17, 15) is 4.79 Å². The maximum atomic E-state index is 12.7. The third kappa shape index (κ3) is 5.41. The quantitative estimate of drug-likeness (QED) is 0.544. The van der Waals surface area contributed by atoms with Crippen molar-refractivity contribution in [2.24, 2.45) is 0 Å². The molecule has 28 heavy (non-hydrogen) atoms. The molecule has 2 atom stereocenters. The molecule has 1 aromatic carbocycles. The van der Waals surface area contributed by atoms with Gasteiger partial charge in [-0.25, -0.2) is 0 Å². The first kappa shape index (κ1) is 22.1. The minimum atomic E-state index is 0.0801. The van der Waals surface area contributed by atoms with Gasteiger partial charge in [-0.05, 0) is 38.8 Å². The average Bonchev–Trinajstić information content (AvgIpc) is 3.20. The Labute approximate surface area is 170 Å². The Morgan fingerprint density at radius 2 is 1.64 bits per heavy atom. The summed E-state index contributed by atoms with van der Waals surface area (Å²) in [6.07, 6.45) is 1.84. The van der Waals surface area contributed by atoms with E-state index in [-0.39, 0.29) is 23.7 Å². The lowest BCUT2D eigenvalue weighted by Crippen LogP contribution is -2.45. The van der Waals surface area contributed by atoms with E-state index < -0.39 is 0 Å². The average molecular weight is 408 g/mol. The van der Waals surface area contributed by atoms with Gasteiger partial charge in [-0.2, -0.15) is 0 Å². The number of benzene rings is 1. The second kappa shape index (κ2) is 10.4. The molecule has 2 rings (SSSR count). The van der Waals surface area contributed by atoms with Crippen LogP contribution in [0.25, 0.3) is 11.5 Å². The minimum Gasteiger partial charge on any atom is -0.497 e. The van der Waals surface area contributed by atoms with Gasteiger partial charge in [-0.3, -0.25) is 4.79 Å². The summed E-state index contributed by atoms with van der Waals surface area (Å²) in [4.78, 5) is 14.7. The molecule has 0 aliphatic heterocycles. The van der Waals surface area contributed by atoms with Gasteiger partial charge in [0.05, 0.1) is 20.0 Å². The van der Waals surface area contributed by atoms with Crippen LogP contribution < -0.4 is 9.47 Å². The summed E-state index contributed by atoms with van der Waals surface area (Å²) in [6, 6.07) is 5.76. The lowest BCUT2D eigenvalue weighted by atomic mass is 10.1. The predicted molar refractivity (Wildman–Crippen MR) is 110 cm³/mol.